The quantitative estimate of drug-likeness (QED) is 0.689. The van der Waals surface area contributed by atoms with Crippen LogP contribution in [0.3, 0.4) is 0 Å². The number of hydrogen-bond acceptors (Lipinski definition) is 0. The first-order chi connectivity index (χ1) is 6.18. The molecular formula is C11H12ClF. The Bertz CT molecular complexity index is 277. The number of benzene rings is 1. The highest BCUT2D eigenvalue weighted by molar-refractivity contribution is 6.29. The summed E-state index contributed by atoms with van der Waals surface area (Å²) in [5.41, 5.74) is 1.14. The van der Waals surface area contributed by atoms with Crippen molar-refractivity contribution < 1.29 is 4.39 Å². The Morgan fingerprint density at radius 2 is 1.92 bits per heavy atom. The molecule has 0 saturated heterocycles. The number of allylic oxidation sites excluding steroid dienone is 1. The summed E-state index contributed by atoms with van der Waals surface area (Å²) in [6.07, 6.45) is 2.71. The molecule has 0 unspecified atom stereocenters. The van der Waals surface area contributed by atoms with Crippen molar-refractivity contribution in [3.8, 4) is 0 Å². The fourth-order valence-electron chi connectivity index (χ4n) is 1.14. The lowest BCUT2D eigenvalue weighted by atomic mass is 10.1. The van der Waals surface area contributed by atoms with E-state index in [-0.39, 0.29) is 5.82 Å². The van der Waals surface area contributed by atoms with Gasteiger partial charge in [0.2, 0.25) is 0 Å². The van der Waals surface area contributed by atoms with E-state index >= 15 is 0 Å². The lowest BCUT2D eigenvalue weighted by molar-refractivity contribution is 0.626. The van der Waals surface area contributed by atoms with E-state index in [1.165, 1.54) is 12.1 Å². The van der Waals surface area contributed by atoms with Crippen molar-refractivity contribution in [2.24, 2.45) is 0 Å². The minimum absolute atomic E-state index is 0.189. The second-order valence-corrected chi connectivity index (χ2v) is 3.53. The Labute approximate surface area is 83.0 Å². The van der Waals surface area contributed by atoms with E-state index in [4.69, 9.17) is 11.6 Å². The fourth-order valence-corrected chi connectivity index (χ4v) is 1.27. The van der Waals surface area contributed by atoms with Gasteiger partial charge in [-0.05, 0) is 37.0 Å². The van der Waals surface area contributed by atoms with Crippen molar-refractivity contribution >= 4 is 11.6 Å². The molecule has 0 saturated carbocycles. The third-order valence-electron chi connectivity index (χ3n) is 1.83. The molecule has 70 valence electrons. The Morgan fingerprint density at radius 3 is 2.46 bits per heavy atom. The van der Waals surface area contributed by atoms with Crippen LogP contribution in [0.25, 0.3) is 0 Å². The molecule has 0 aliphatic carbocycles. The van der Waals surface area contributed by atoms with Crippen LogP contribution in [0.15, 0.2) is 35.9 Å². The van der Waals surface area contributed by atoms with Crippen molar-refractivity contribution in [2.75, 3.05) is 0 Å². The highest BCUT2D eigenvalue weighted by Gasteiger charge is 1.94. The van der Waals surface area contributed by atoms with Gasteiger partial charge in [0.05, 0.1) is 0 Å². The van der Waals surface area contributed by atoms with Gasteiger partial charge in [0.25, 0.3) is 0 Å². The van der Waals surface area contributed by atoms with E-state index < -0.39 is 0 Å². The average molecular weight is 199 g/mol. The number of aryl methyl sites for hydroxylation is 1. The van der Waals surface area contributed by atoms with E-state index in [1.807, 2.05) is 0 Å². The van der Waals surface area contributed by atoms with Crippen LogP contribution in [-0.2, 0) is 6.42 Å². The van der Waals surface area contributed by atoms with Gasteiger partial charge in [-0.25, -0.2) is 4.39 Å². The molecule has 0 nitrogen and oxygen atoms in total. The molecular weight excluding hydrogens is 187 g/mol. The second-order valence-electron chi connectivity index (χ2n) is 3.00. The number of rotatable bonds is 4. The molecule has 0 N–H and O–H groups in total. The number of hydrogen-bond donors (Lipinski definition) is 0. The predicted molar refractivity (Wildman–Crippen MR) is 54.3 cm³/mol. The van der Waals surface area contributed by atoms with Gasteiger partial charge in [0.1, 0.15) is 5.82 Å². The van der Waals surface area contributed by atoms with Gasteiger partial charge >= 0.3 is 0 Å². The van der Waals surface area contributed by atoms with E-state index in [9.17, 15) is 4.39 Å². The molecule has 1 aromatic carbocycles. The topological polar surface area (TPSA) is 0 Å². The van der Waals surface area contributed by atoms with Crippen LogP contribution >= 0.6 is 11.6 Å². The van der Waals surface area contributed by atoms with E-state index in [2.05, 4.69) is 6.58 Å². The Hall–Kier alpha value is -0.820. The molecule has 0 aliphatic rings. The fraction of sp³-hybridized carbons (Fsp3) is 0.273. The Balaban J connectivity index is 2.37. The monoisotopic (exact) mass is 198 g/mol. The first-order valence-corrected chi connectivity index (χ1v) is 4.64. The molecule has 13 heavy (non-hydrogen) atoms. The van der Waals surface area contributed by atoms with Gasteiger partial charge in [-0.1, -0.05) is 30.3 Å². The molecule has 0 atom stereocenters. The standard InChI is InChI=1S/C11H12ClF/c1-9(12)3-2-4-10-5-7-11(13)8-6-10/h5-8H,1-4H2. The molecule has 1 aromatic rings. The van der Waals surface area contributed by atoms with Crippen LogP contribution in [0.5, 0.6) is 0 Å². The lowest BCUT2D eigenvalue weighted by Crippen LogP contribution is -1.85. The molecule has 0 fully saturated rings. The third kappa shape index (κ3) is 4.09. The second kappa shape index (κ2) is 5.03. The van der Waals surface area contributed by atoms with Crippen LogP contribution in [0.4, 0.5) is 4.39 Å². The summed E-state index contributed by atoms with van der Waals surface area (Å²) < 4.78 is 12.5. The van der Waals surface area contributed by atoms with Crippen LogP contribution in [0.2, 0.25) is 0 Å². The maximum atomic E-state index is 12.5. The smallest absolute Gasteiger partial charge is 0.123 e. The third-order valence-corrected chi connectivity index (χ3v) is 2.02. The average Bonchev–Trinajstić information content (AvgIpc) is 2.08. The van der Waals surface area contributed by atoms with Gasteiger partial charge in [-0.3, -0.25) is 0 Å². The molecule has 0 bridgehead atoms. The summed E-state index contributed by atoms with van der Waals surface area (Å²) in [5.74, 6) is -0.189. The van der Waals surface area contributed by atoms with Gasteiger partial charge < -0.3 is 0 Å². The van der Waals surface area contributed by atoms with Crippen LogP contribution in [-0.4, -0.2) is 0 Å². The largest absolute Gasteiger partial charge is 0.207 e. The minimum atomic E-state index is -0.189. The van der Waals surface area contributed by atoms with E-state index in [0.717, 1.165) is 24.8 Å². The van der Waals surface area contributed by atoms with E-state index in [1.54, 1.807) is 12.1 Å². The van der Waals surface area contributed by atoms with Crippen molar-refractivity contribution in [3.05, 3.63) is 47.3 Å². The molecule has 0 heterocycles. The van der Waals surface area contributed by atoms with Gasteiger partial charge in [-0.15, -0.1) is 0 Å². The summed E-state index contributed by atoms with van der Waals surface area (Å²) in [4.78, 5) is 0. The highest BCUT2D eigenvalue weighted by Crippen LogP contribution is 2.11. The maximum absolute atomic E-state index is 12.5. The summed E-state index contributed by atoms with van der Waals surface area (Å²) >= 11 is 5.61. The zero-order chi connectivity index (χ0) is 9.68. The summed E-state index contributed by atoms with van der Waals surface area (Å²) in [7, 11) is 0. The molecule has 0 spiro atoms. The first kappa shape index (κ1) is 10.3. The lowest BCUT2D eigenvalue weighted by Gasteiger charge is -1.99. The van der Waals surface area contributed by atoms with Crippen molar-refractivity contribution in [2.45, 2.75) is 19.3 Å². The van der Waals surface area contributed by atoms with Gasteiger partial charge in [0, 0.05) is 5.03 Å². The summed E-state index contributed by atoms with van der Waals surface area (Å²) in [5, 5.41) is 0.683. The van der Waals surface area contributed by atoms with Crippen LogP contribution in [0, 0.1) is 5.82 Å². The van der Waals surface area contributed by atoms with Crippen molar-refractivity contribution in [1.29, 1.82) is 0 Å². The van der Waals surface area contributed by atoms with Gasteiger partial charge in [0.15, 0.2) is 0 Å². The minimum Gasteiger partial charge on any atom is -0.207 e. The van der Waals surface area contributed by atoms with Crippen molar-refractivity contribution in [1.82, 2.24) is 0 Å². The molecule has 2 heteroatoms. The zero-order valence-corrected chi connectivity index (χ0v) is 8.15. The Morgan fingerprint density at radius 1 is 1.31 bits per heavy atom. The first-order valence-electron chi connectivity index (χ1n) is 4.26. The highest BCUT2D eigenvalue weighted by atomic mass is 35.5. The molecule has 0 aliphatic heterocycles. The SMILES string of the molecule is C=C(Cl)CCCc1ccc(F)cc1. The Kier molecular flexibility index (Phi) is 3.97. The van der Waals surface area contributed by atoms with Gasteiger partial charge in [-0.2, -0.15) is 0 Å². The molecule has 0 aromatic heterocycles. The summed E-state index contributed by atoms with van der Waals surface area (Å²) in [6.45, 7) is 3.61. The zero-order valence-electron chi connectivity index (χ0n) is 7.39. The summed E-state index contributed by atoms with van der Waals surface area (Å²) in [6, 6.07) is 6.55. The predicted octanol–water partition coefficient (Wildman–Crippen LogP) is 3.90. The maximum Gasteiger partial charge on any atom is 0.123 e. The number of halogens is 2. The normalized spacial score (nSPS) is 10.0. The van der Waals surface area contributed by atoms with Crippen LogP contribution < -0.4 is 0 Å². The molecule has 1 rings (SSSR count). The van der Waals surface area contributed by atoms with E-state index in [0.29, 0.717) is 5.03 Å². The van der Waals surface area contributed by atoms with Crippen LogP contribution in [0.1, 0.15) is 18.4 Å². The molecule has 0 amide bonds. The van der Waals surface area contributed by atoms with Crippen molar-refractivity contribution in [3.63, 3.8) is 0 Å². The molecule has 0 radical (unpaired) electrons.